The van der Waals surface area contributed by atoms with Crippen LogP contribution in [0.3, 0.4) is 0 Å². The van der Waals surface area contributed by atoms with Gasteiger partial charge in [0.1, 0.15) is 9.84 Å². The lowest BCUT2D eigenvalue weighted by molar-refractivity contribution is -0.117. The summed E-state index contributed by atoms with van der Waals surface area (Å²) in [5, 5.41) is 2.75. The second-order valence-electron chi connectivity index (χ2n) is 8.42. The van der Waals surface area contributed by atoms with Crippen LogP contribution in [-0.4, -0.2) is 56.8 Å². The van der Waals surface area contributed by atoms with Gasteiger partial charge in [-0.15, -0.1) is 0 Å². The van der Waals surface area contributed by atoms with Crippen LogP contribution in [0.2, 0.25) is 0 Å². The predicted molar refractivity (Wildman–Crippen MR) is 132 cm³/mol. The Morgan fingerprint density at radius 2 is 1.86 bits per heavy atom. The van der Waals surface area contributed by atoms with Crippen LogP contribution in [0.15, 0.2) is 36.4 Å². The van der Waals surface area contributed by atoms with Gasteiger partial charge in [0, 0.05) is 12.2 Å². The molecule has 0 unspecified atom stereocenters. The van der Waals surface area contributed by atoms with Crippen LogP contribution in [0.5, 0.6) is 11.5 Å². The van der Waals surface area contributed by atoms with Gasteiger partial charge < -0.3 is 14.8 Å². The molecule has 2 aromatic carbocycles. The third-order valence-electron chi connectivity index (χ3n) is 5.80. The van der Waals surface area contributed by atoms with Crippen molar-refractivity contribution in [3.05, 3.63) is 53.1 Å². The fourth-order valence-electron chi connectivity index (χ4n) is 4.05. The van der Waals surface area contributed by atoms with Gasteiger partial charge in [-0.25, -0.2) is 8.42 Å². The lowest BCUT2D eigenvalue weighted by Crippen LogP contribution is -2.37. The molecule has 2 aromatic rings. The highest BCUT2D eigenvalue weighted by atomic mass is 32.2. The van der Waals surface area contributed by atoms with Crippen molar-refractivity contribution in [2.24, 2.45) is 5.92 Å². The molecule has 0 saturated heterocycles. The van der Waals surface area contributed by atoms with Gasteiger partial charge in [0.15, 0.2) is 11.5 Å². The molecule has 0 spiro atoms. The summed E-state index contributed by atoms with van der Waals surface area (Å²) in [4.78, 5) is 40.2. The minimum absolute atomic E-state index is 0. The summed E-state index contributed by atoms with van der Waals surface area (Å²) in [6, 6.07) is 8.35. The standard InChI is InChI=1S/C24H26N2O7S.CH4/c1-4-33-20-12-15(10-11-19(20)32-2)18(13-34(3,30)31)26-23(28)16-6-5-7-17(21(16)24(26)29)25-22(27)14-8-9-14;/h5-7,10-12,14,18H,4,8-9,13H2,1-3H3,(H,25,27);1H4/t18-;/m1./s1. The molecule has 1 N–H and O–H groups in total. The molecule has 1 heterocycles. The zero-order chi connectivity index (χ0) is 24.6. The number of carbonyl (C=O) groups excluding carboxylic acids is 3. The van der Waals surface area contributed by atoms with E-state index in [0.717, 1.165) is 24.0 Å². The molecule has 9 nitrogen and oxygen atoms in total. The van der Waals surface area contributed by atoms with Crippen molar-refractivity contribution in [1.29, 1.82) is 0 Å². The number of anilines is 1. The summed E-state index contributed by atoms with van der Waals surface area (Å²) >= 11 is 0. The quantitative estimate of drug-likeness (QED) is 0.522. The normalized spacial score (nSPS) is 15.8. The Balaban J connectivity index is 0.00000342. The van der Waals surface area contributed by atoms with E-state index in [1.54, 1.807) is 37.3 Å². The Bertz CT molecular complexity index is 1270. The average Bonchev–Trinajstić information content (AvgIpc) is 3.60. The van der Waals surface area contributed by atoms with Gasteiger partial charge >= 0.3 is 0 Å². The van der Waals surface area contributed by atoms with E-state index in [1.807, 2.05) is 0 Å². The fraction of sp³-hybridized carbons (Fsp3) is 0.400. The number of carbonyl (C=O) groups is 3. The highest BCUT2D eigenvalue weighted by molar-refractivity contribution is 7.90. The number of rotatable bonds is 9. The molecule has 0 bridgehead atoms. The van der Waals surface area contributed by atoms with Crippen molar-refractivity contribution in [1.82, 2.24) is 4.90 Å². The number of hydrogen-bond donors (Lipinski definition) is 1. The Morgan fingerprint density at radius 1 is 1.14 bits per heavy atom. The molecule has 2 aliphatic rings. The van der Waals surface area contributed by atoms with Gasteiger partial charge in [-0.2, -0.15) is 0 Å². The lowest BCUT2D eigenvalue weighted by atomic mass is 10.1. The van der Waals surface area contributed by atoms with E-state index >= 15 is 0 Å². The molecule has 1 aliphatic carbocycles. The van der Waals surface area contributed by atoms with Crippen molar-refractivity contribution in [3.8, 4) is 11.5 Å². The molecule has 188 valence electrons. The first-order valence-electron chi connectivity index (χ1n) is 10.9. The molecular weight excluding hydrogens is 472 g/mol. The molecule has 0 radical (unpaired) electrons. The molecular formula is C25H30N2O7S. The molecule has 1 aliphatic heterocycles. The summed E-state index contributed by atoms with van der Waals surface area (Å²) < 4.78 is 35.6. The maximum absolute atomic E-state index is 13.5. The number of nitrogens with zero attached hydrogens (tertiary/aromatic N) is 1. The number of imide groups is 1. The lowest BCUT2D eigenvalue weighted by Gasteiger charge is -2.27. The van der Waals surface area contributed by atoms with Gasteiger partial charge in [0.05, 0.1) is 42.3 Å². The van der Waals surface area contributed by atoms with E-state index in [0.29, 0.717) is 23.7 Å². The number of benzene rings is 2. The van der Waals surface area contributed by atoms with Gasteiger partial charge in [-0.05, 0) is 49.6 Å². The number of methoxy groups -OCH3 is 1. The van der Waals surface area contributed by atoms with Crippen LogP contribution in [-0.2, 0) is 14.6 Å². The van der Waals surface area contributed by atoms with Crippen molar-refractivity contribution in [3.63, 3.8) is 0 Å². The first-order chi connectivity index (χ1) is 16.1. The largest absolute Gasteiger partial charge is 0.493 e. The zero-order valence-electron chi connectivity index (χ0n) is 19.2. The van der Waals surface area contributed by atoms with E-state index < -0.39 is 33.4 Å². The van der Waals surface area contributed by atoms with Gasteiger partial charge in [0.25, 0.3) is 11.8 Å². The highest BCUT2D eigenvalue weighted by Gasteiger charge is 2.44. The third-order valence-corrected chi connectivity index (χ3v) is 6.72. The number of nitrogens with one attached hydrogen (secondary N) is 1. The number of amides is 3. The summed E-state index contributed by atoms with van der Waals surface area (Å²) in [5.74, 6) is -1.23. The minimum Gasteiger partial charge on any atom is -0.493 e. The van der Waals surface area contributed by atoms with Crippen LogP contribution in [0, 0.1) is 5.92 Å². The highest BCUT2D eigenvalue weighted by Crippen LogP contribution is 2.39. The van der Waals surface area contributed by atoms with Crippen molar-refractivity contribution >= 4 is 33.2 Å². The van der Waals surface area contributed by atoms with E-state index in [1.165, 1.54) is 13.2 Å². The Kier molecular flexibility index (Phi) is 7.54. The molecule has 3 amide bonds. The first kappa shape index (κ1) is 26.2. The molecule has 10 heteroatoms. The number of fused-ring (bicyclic) bond motifs is 1. The van der Waals surface area contributed by atoms with E-state index in [2.05, 4.69) is 5.32 Å². The van der Waals surface area contributed by atoms with Crippen LogP contribution >= 0.6 is 0 Å². The Morgan fingerprint density at radius 3 is 2.46 bits per heavy atom. The summed E-state index contributed by atoms with van der Waals surface area (Å²) in [7, 11) is -2.12. The molecule has 1 atom stereocenters. The molecule has 0 aromatic heterocycles. The SMILES string of the molecule is C.CCOc1cc([C@@H](CS(C)(=O)=O)N2C(=O)c3cccc(NC(=O)C4CC4)c3C2=O)ccc1OC. The Hall–Kier alpha value is -3.40. The van der Waals surface area contributed by atoms with Gasteiger partial charge in [-0.3, -0.25) is 19.3 Å². The van der Waals surface area contributed by atoms with Crippen molar-refractivity contribution < 1.29 is 32.3 Å². The number of hydrogen-bond acceptors (Lipinski definition) is 7. The fourth-order valence-corrected chi connectivity index (χ4v) is 4.96. The molecule has 35 heavy (non-hydrogen) atoms. The second-order valence-corrected chi connectivity index (χ2v) is 10.6. The van der Waals surface area contributed by atoms with Crippen LogP contribution in [0.4, 0.5) is 5.69 Å². The van der Waals surface area contributed by atoms with Crippen molar-refractivity contribution in [2.75, 3.05) is 31.0 Å². The molecule has 4 rings (SSSR count). The van der Waals surface area contributed by atoms with Crippen LogP contribution in [0.1, 0.15) is 59.5 Å². The van der Waals surface area contributed by atoms with Crippen LogP contribution < -0.4 is 14.8 Å². The maximum atomic E-state index is 13.5. The number of sulfone groups is 1. The predicted octanol–water partition coefficient (Wildman–Crippen LogP) is 3.46. The minimum atomic E-state index is -3.60. The van der Waals surface area contributed by atoms with Gasteiger partial charge in [0.2, 0.25) is 5.91 Å². The average molecular weight is 503 g/mol. The summed E-state index contributed by atoms with van der Waals surface area (Å²) in [5.41, 5.74) is 0.847. The number of ether oxygens (including phenoxy) is 2. The van der Waals surface area contributed by atoms with Gasteiger partial charge in [-0.1, -0.05) is 19.6 Å². The third kappa shape index (κ3) is 5.32. The molecule has 1 fully saturated rings. The topological polar surface area (TPSA) is 119 Å². The summed E-state index contributed by atoms with van der Waals surface area (Å²) in [6.07, 6.45) is 2.62. The summed E-state index contributed by atoms with van der Waals surface area (Å²) in [6.45, 7) is 2.13. The van der Waals surface area contributed by atoms with E-state index in [4.69, 9.17) is 9.47 Å². The van der Waals surface area contributed by atoms with Crippen molar-refractivity contribution in [2.45, 2.75) is 33.2 Å². The second kappa shape index (κ2) is 10.1. The monoisotopic (exact) mass is 502 g/mol. The van der Waals surface area contributed by atoms with Crippen LogP contribution in [0.25, 0.3) is 0 Å². The van der Waals surface area contributed by atoms with E-state index in [-0.39, 0.29) is 36.1 Å². The van der Waals surface area contributed by atoms with E-state index in [9.17, 15) is 22.8 Å². The Labute approximate surface area is 205 Å². The smallest absolute Gasteiger partial charge is 0.264 e. The molecule has 1 saturated carbocycles. The maximum Gasteiger partial charge on any atom is 0.264 e. The first-order valence-corrected chi connectivity index (χ1v) is 13.0. The zero-order valence-corrected chi connectivity index (χ0v) is 20.0.